The molecule has 5 heteroatoms. The molecule has 3 aromatic rings. The molecule has 0 N–H and O–H groups in total. The molecule has 0 fully saturated rings. The highest BCUT2D eigenvalue weighted by Crippen LogP contribution is 2.21. The lowest BCUT2D eigenvalue weighted by atomic mass is 10.2. The van der Waals surface area contributed by atoms with E-state index in [0.717, 1.165) is 30.3 Å². The van der Waals surface area contributed by atoms with Gasteiger partial charge in [-0.05, 0) is 57.2 Å². The monoisotopic (exact) mass is 364 g/mol. The van der Waals surface area contributed by atoms with Crippen LogP contribution in [0, 0.1) is 0 Å². The Kier molecular flexibility index (Phi) is 5.49. The fraction of sp³-hybridized carbons (Fsp3) is 0.364. The minimum absolute atomic E-state index is 0.978. The van der Waals surface area contributed by atoms with Crippen LogP contribution in [0.1, 0.15) is 26.6 Å². The number of hydrazone groups is 1. The molecule has 0 atom stereocenters. The van der Waals surface area contributed by atoms with Crippen LogP contribution in [0.5, 0.6) is 0 Å². The molecule has 0 aliphatic carbocycles. The van der Waals surface area contributed by atoms with Crippen LogP contribution in [0.4, 0.5) is 11.4 Å². The second-order valence-electron chi connectivity index (χ2n) is 6.83. The molecule has 3 rings (SSSR count). The van der Waals surface area contributed by atoms with Crippen molar-refractivity contribution in [3.05, 3.63) is 54.4 Å². The number of para-hydroxylation sites is 2. The molecule has 1 heterocycles. The number of aromatic nitrogens is 2. The third-order valence-electron chi connectivity index (χ3n) is 5.22. The Morgan fingerprint density at radius 1 is 1.00 bits per heavy atom. The normalized spacial score (nSPS) is 11.9. The van der Waals surface area contributed by atoms with Crippen LogP contribution in [0.2, 0.25) is 0 Å². The maximum absolute atomic E-state index is 4.84. The molecule has 5 nitrogen and oxygen atoms in total. The van der Waals surface area contributed by atoms with Crippen LogP contribution in [-0.2, 0) is 14.1 Å². The predicted octanol–water partition coefficient (Wildman–Crippen LogP) is 3.71. The van der Waals surface area contributed by atoms with Crippen LogP contribution < -0.4 is 14.5 Å². The summed E-state index contributed by atoms with van der Waals surface area (Å²) in [6.07, 6.45) is 0. The summed E-state index contributed by atoms with van der Waals surface area (Å²) >= 11 is 0. The van der Waals surface area contributed by atoms with Gasteiger partial charge < -0.3 is 4.90 Å². The summed E-state index contributed by atoms with van der Waals surface area (Å²) in [4.78, 5) is 2.34. The first-order valence-electron chi connectivity index (χ1n) is 9.55. The lowest BCUT2D eigenvalue weighted by Crippen LogP contribution is -2.36. The van der Waals surface area contributed by atoms with Gasteiger partial charge in [0.1, 0.15) is 5.71 Å². The van der Waals surface area contributed by atoms with Gasteiger partial charge in [-0.3, -0.25) is 5.01 Å². The number of anilines is 2. The molecule has 0 aliphatic heterocycles. The van der Waals surface area contributed by atoms with E-state index in [4.69, 9.17) is 5.10 Å². The van der Waals surface area contributed by atoms with Gasteiger partial charge in [-0.25, -0.2) is 9.13 Å². The van der Waals surface area contributed by atoms with Crippen molar-refractivity contribution < 1.29 is 4.57 Å². The summed E-state index contributed by atoms with van der Waals surface area (Å²) in [7, 11) is 6.18. The van der Waals surface area contributed by atoms with Gasteiger partial charge in [0.15, 0.2) is 11.0 Å². The summed E-state index contributed by atoms with van der Waals surface area (Å²) in [6, 6.07) is 17.0. The molecule has 27 heavy (non-hydrogen) atoms. The van der Waals surface area contributed by atoms with Crippen LogP contribution in [0.15, 0.2) is 53.6 Å². The van der Waals surface area contributed by atoms with Gasteiger partial charge >= 0.3 is 5.82 Å². The number of hydrogen-bond acceptors (Lipinski definition) is 3. The smallest absolute Gasteiger partial charge is 0.305 e. The lowest BCUT2D eigenvalue weighted by Gasteiger charge is -2.22. The van der Waals surface area contributed by atoms with Crippen molar-refractivity contribution in [3.8, 4) is 0 Å². The van der Waals surface area contributed by atoms with Gasteiger partial charge in [-0.2, -0.15) is 5.10 Å². The van der Waals surface area contributed by atoms with Gasteiger partial charge in [0, 0.05) is 25.8 Å². The zero-order chi connectivity index (χ0) is 19.6. The molecular weight excluding hydrogens is 334 g/mol. The largest absolute Gasteiger partial charge is 0.372 e. The zero-order valence-electron chi connectivity index (χ0n) is 17.3. The number of aryl methyl sites for hydroxylation is 2. The van der Waals surface area contributed by atoms with E-state index >= 15 is 0 Å². The molecular formula is C22H30N5+. The van der Waals surface area contributed by atoms with Gasteiger partial charge in [-0.1, -0.05) is 12.1 Å². The third-order valence-corrected chi connectivity index (χ3v) is 5.22. The molecule has 1 aromatic heterocycles. The highest BCUT2D eigenvalue weighted by atomic mass is 15.4. The van der Waals surface area contributed by atoms with Crippen molar-refractivity contribution in [2.45, 2.75) is 20.8 Å². The molecule has 0 radical (unpaired) electrons. The second-order valence-corrected chi connectivity index (χ2v) is 6.83. The minimum Gasteiger partial charge on any atom is -0.372 e. The van der Waals surface area contributed by atoms with Crippen LogP contribution in [0.3, 0.4) is 0 Å². The summed E-state index contributed by atoms with van der Waals surface area (Å²) in [5.74, 6) is 1.10. The number of fused-ring (bicyclic) bond motifs is 1. The van der Waals surface area contributed by atoms with Crippen molar-refractivity contribution in [1.29, 1.82) is 0 Å². The highest BCUT2D eigenvalue weighted by Gasteiger charge is 2.22. The number of nitrogens with zero attached hydrogens (tertiary/aromatic N) is 5. The third kappa shape index (κ3) is 3.54. The second kappa shape index (κ2) is 7.82. The average molecular weight is 365 g/mol. The van der Waals surface area contributed by atoms with E-state index < -0.39 is 0 Å². The zero-order valence-corrected chi connectivity index (χ0v) is 17.3. The molecule has 0 saturated heterocycles. The van der Waals surface area contributed by atoms with E-state index in [9.17, 15) is 0 Å². The predicted molar refractivity (Wildman–Crippen MR) is 115 cm³/mol. The van der Waals surface area contributed by atoms with Crippen molar-refractivity contribution in [1.82, 2.24) is 4.57 Å². The Morgan fingerprint density at radius 2 is 1.59 bits per heavy atom. The van der Waals surface area contributed by atoms with E-state index in [1.54, 1.807) is 0 Å². The number of hydrogen-bond donors (Lipinski definition) is 0. The quantitative estimate of drug-likeness (QED) is 0.379. The first-order valence-corrected chi connectivity index (χ1v) is 9.55. The average Bonchev–Trinajstić information content (AvgIpc) is 2.94. The number of benzene rings is 2. The molecule has 2 aromatic carbocycles. The first kappa shape index (κ1) is 19.0. The molecule has 0 spiro atoms. The summed E-state index contributed by atoms with van der Waals surface area (Å²) in [5, 5.41) is 6.79. The van der Waals surface area contributed by atoms with Crippen LogP contribution >= 0.6 is 0 Å². The van der Waals surface area contributed by atoms with E-state index in [1.807, 2.05) is 12.1 Å². The fourth-order valence-corrected chi connectivity index (χ4v) is 3.77. The maximum atomic E-state index is 4.84. The molecule has 0 unspecified atom stereocenters. The van der Waals surface area contributed by atoms with E-state index in [0.29, 0.717) is 0 Å². The molecule has 0 saturated carbocycles. The van der Waals surface area contributed by atoms with Gasteiger partial charge in [0.2, 0.25) is 0 Å². The van der Waals surface area contributed by atoms with Crippen molar-refractivity contribution >= 4 is 28.1 Å². The molecule has 0 amide bonds. The first-order chi connectivity index (χ1) is 13.0. The Balaban J connectivity index is 1.90. The van der Waals surface area contributed by atoms with Gasteiger partial charge in [-0.15, -0.1) is 0 Å². The van der Waals surface area contributed by atoms with Crippen molar-refractivity contribution in [3.63, 3.8) is 0 Å². The maximum Gasteiger partial charge on any atom is 0.305 e. The Morgan fingerprint density at radius 3 is 2.19 bits per heavy atom. The SMILES string of the molecule is CCN(CC)c1ccc(N(C)/N=C(\C)c2n(C)c3ccccc3[n+]2C)cc1. The van der Waals surface area contributed by atoms with E-state index in [2.05, 4.69) is 97.4 Å². The van der Waals surface area contributed by atoms with Gasteiger partial charge in [0.05, 0.1) is 19.8 Å². The van der Waals surface area contributed by atoms with E-state index in [-0.39, 0.29) is 0 Å². The van der Waals surface area contributed by atoms with E-state index in [1.165, 1.54) is 16.7 Å². The Hall–Kier alpha value is -2.82. The molecule has 142 valence electrons. The summed E-state index contributed by atoms with van der Waals surface area (Å²) in [5.41, 5.74) is 5.71. The van der Waals surface area contributed by atoms with Crippen LogP contribution in [-0.4, -0.2) is 30.4 Å². The minimum atomic E-state index is 0.978. The lowest BCUT2D eigenvalue weighted by molar-refractivity contribution is -0.647. The van der Waals surface area contributed by atoms with Crippen LogP contribution in [0.25, 0.3) is 11.0 Å². The molecule has 0 bridgehead atoms. The van der Waals surface area contributed by atoms with Crippen molar-refractivity contribution in [2.75, 3.05) is 30.0 Å². The Bertz CT molecular complexity index is 910. The Labute approximate surface area is 162 Å². The number of imidazole rings is 1. The summed E-state index contributed by atoms with van der Waals surface area (Å²) in [6.45, 7) is 8.46. The summed E-state index contributed by atoms with van der Waals surface area (Å²) < 4.78 is 4.40. The number of rotatable bonds is 6. The standard InChI is InChI=1S/C22H30N5/c1-7-27(8-2)19-15-13-18(14-16-19)26(6)23-17(3)22-24(4)20-11-9-10-12-21(20)25(22)5/h9-16H,7-8H2,1-6H3/q+1. The highest BCUT2D eigenvalue weighted by molar-refractivity contribution is 5.97. The van der Waals surface area contributed by atoms with Crippen molar-refractivity contribution in [2.24, 2.45) is 19.2 Å². The molecule has 0 aliphatic rings. The van der Waals surface area contributed by atoms with Gasteiger partial charge in [0.25, 0.3) is 0 Å². The topological polar surface area (TPSA) is 27.6 Å². The fourth-order valence-electron chi connectivity index (χ4n) is 3.77.